The number of ketones is 1. The van der Waals surface area contributed by atoms with Gasteiger partial charge in [-0.05, 0) is 18.1 Å². The Balaban J connectivity index is 1.85. The van der Waals surface area contributed by atoms with E-state index in [0.717, 1.165) is 24.8 Å². The minimum atomic E-state index is -0.122. The van der Waals surface area contributed by atoms with Crippen molar-refractivity contribution >= 4 is 11.8 Å². The Labute approximate surface area is 150 Å². The van der Waals surface area contributed by atoms with Crippen molar-refractivity contribution in [2.75, 3.05) is 20.3 Å². The SMILES string of the molecule is CCCCCC(=O)/C=C/C1CN(C)C(=O)N1COCc1ccccc1. The van der Waals surface area contributed by atoms with Crippen LogP contribution in [-0.4, -0.2) is 48.0 Å². The number of allylic oxidation sites excluding steroid dienone is 1. The van der Waals surface area contributed by atoms with E-state index in [4.69, 9.17) is 4.74 Å². The van der Waals surface area contributed by atoms with Crippen LogP contribution < -0.4 is 0 Å². The summed E-state index contributed by atoms with van der Waals surface area (Å²) in [5.41, 5.74) is 1.07. The average Bonchev–Trinajstić information content (AvgIpc) is 2.89. The molecular weight excluding hydrogens is 316 g/mol. The summed E-state index contributed by atoms with van der Waals surface area (Å²) in [6, 6.07) is 9.67. The lowest BCUT2D eigenvalue weighted by atomic mass is 10.1. The summed E-state index contributed by atoms with van der Waals surface area (Å²) in [5.74, 6) is 0.126. The number of nitrogens with zero attached hydrogens (tertiary/aromatic N) is 2. The maximum absolute atomic E-state index is 12.3. The molecule has 0 aliphatic carbocycles. The molecule has 1 aliphatic rings. The van der Waals surface area contributed by atoms with Gasteiger partial charge in [-0.2, -0.15) is 0 Å². The number of unbranched alkanes of at least 4 members (excludes halogenated alkanes) is 2. The Morgan fingerprint density at radius 1 is 1.28 bits per heavy atom. The molecule has 0 radical (unpaired) electrons. The van der Waals surface area contributed by atoms with E-state index in [-0.39, 0.29) is 24.6 Å². The van der Waals surface area contributed by atoms with Gasteiger partial charge in [-0.3, -0.25) is 9.69 Å². The molecule has 1 heterocycles. The molecule has 0 bridgehead atoms. The summed E-state index contributed by atoms with van der Waals surface area (Å²) in [6.07, 6.45) is 7.13. The predicted molar refractivity (Wildman–Crippen MR) is 98.0 cm³/mol. The van der Waals surface area contributed by atoms with Crippen molar-refractivity contribution in [3.8, 4) is 0 Å². The minimum Gasteiger partial charge on any atom is -0.356 e. The fourth-order valence-corrected chi connectivity index (χ4v) is 2.82. The third-order valence-corrected chi connectivity index (χ3v) is 4.31. The largest absolute Gasteiger partial charge is 0.356 e. The first-order valence-corrected chi connectivity index (χ1v) is 8.96. The molecule has 25 heavy (non-hydrogen) atoms. The van der Waals surface area contributed by atoms with Crippen molar-refractivity contribution in [1.82, 2.24) is 9.80 Å². The highest BCUT2D eigenvalue weighted by molar-refractivity contribution is 5.89. The van der Waals surface area contributed by atoms with Crippen LogP contribution in [0.2, 0.25) is 0 Å². The average molecular weight is 344 g/mol. The van der Waals surface area contributed by atoms with Gasteiger partial charge in [0.05, 0.1) is 12.6 Å². The van der Waals surface area contributed by atoms with Crippen LogP contribution in [0.15, 0.2) is 42.5 Å². The highest BCUT2D eigenvalue weighted by Gasteiger charge is 2.33. The molecule has 1 unspecified atom stereocenters. The Hall–Kier alpha value is -2.14. The number of amides is 2. The van der Waals surface area contributed by atoms with Gasteiger partial charge in [0.1, 0.15) is 6.73 Å². The van der Waals surface area contributed by atoms with E-state index in [1.807, 2.05) is 36.4 Å². The standard InChI is InChI=1S/C20H28N2O3/c1-3-4-6-11-19(23)13-12-18-14-21(2)20(24)22(18)16-25-15-17-9-7-5-8-10-17/h5,7-10,12-13,18H,3-4,6,11,14-16H2,1-2H3/b13-12+. The fourth-order valence-electron chi connectivity index (χ4n) is 2.82. The molecular formula is C20H28N2O3. The summed E-state index contributed by atoms with van der Waals surface area (Å²) in [5, 5.41) is 0. The zero-order valence-electron chi connectivity index (χ0n) is 15.2. The van der Waals surface area contributed by atoms with Gasteiger partial charge in [0.25, 0.3) is 0 Å². The summed E-state index contributed by atoms with van der Waals surface area (Å²) in [7, 11) is 1.77. The predicted octanol–water partition coefficient (Wildman–Crippen LogP) is 3.60. The van der Waals surface area contributed by atoms with E-state index in [0.29, 0.717) is 19.6 Å². The Kier molecular flexibility index (Phi) is 7.67. The highest BCUT2D eigenvalue weighted by atomic mass is 16.5. The molecule has 2 amide bonds. The number of urea groups is 1. The van der Waals surface area contributed by atoms with Gasteiger partial charge in [-0.1, -0.05) is 56.2 Å². The summed E-state index contributed by atoms with van der Waals surface area (Å²) in [4.78, 5) is 27.5. The van der Waals surface area contributed by atoms with Crippen LogP contribution in [0.25, 0.3) is 0 Å². The third-order valence-electron chi connectivity index (χ3n) is 4.31. The van der Waals surface area contributed by atoms with Gasteiger partial charge in [-0.15, -0.1) is 0 Å². The van der Waals surface area contributed by atoms with E-state index in [2.05, 4.69) is 6.92 Å². The first-order chi connectivity index (χ1) is 12.1. The molecule has 0 aromatic heterocycles. The van der Waals surface area contributed by atoms with E-state index in [1.165, 1.54) is 0 Å². The minimum absolute atomic E-state index is 0.0684. The topological polar surface area (TPSA) is 49.9 Å². The van der Waals surface area contributed by atoms with Crippen molar-refractivity contribution in [2.45, 2.75) is 45.3 Å². The van der Waals surface area contributed by atoms with Crippen LogP contribution in [0.1, 0.15) is 38.2 Å². The number of hydrogen-bond acceptors (Lipinski definition) is 3. The van der Waals surface area contributed by atoms with Gasteiger partial charge >= 0.3 is 6.03 Å². The molecule has 0 spiro atoms. The molecule has 1 saturated heterocycles. The van der Waals surface area contributed by atoms with Crippen molar-refractivity contribution < 1.29 is 14.3 Å². The summed E-state index contributed by atoms with van der Waals surface area (Å²) in [6.45, 7) is 3.37. The van der Waals surface area contributed by atoms with Crippen LogP contribution >= 0.6 is 0 Å². The molecule has 1 aromatic rings. The second kappa shape index (κ2) is 9.99. The Bertz CT molecular complexity index is 586. The zero-order valence-corrected chi connectivity index (χ0v) is 15.2. The Morgan fingerprint density at radius 2 is 2.04 bits per heavy atom. The molecule has 1 aliphatic heterocycles. The van der Waals surface area contributed by atoms with E-state index in [9.17, 15) is 9.59 Å². The maximum atomic E-state index is 12.3. The molecule has 5 nitrogen and oxygen atoms in total. The maximum Gasteiger partial charge on any atom is 0.322 e. The number of carbonyl (C=O) groups is 2. The number of likely N-dealkylation sites (N-methyl/N-ethyl adjacent to an activating group) is 1. The van der Waals surface area contributed by atoms with Crippen LogP contribution in [0, 0.1) is 0 Å². The fraction of sp³-hybridized carbons (Fsp3) is 0.500. The molecule has 136 valence electrons. The first-order valence-electron chi connectivity index (χ1n) is 8.96. The van der Waals surface area contributed by atoms with Gasteiger partial charge < -0.3 is 9.64 Å². The molecule has 5 heteroatoms. The quantitative estimate of drug-likeness (QED) is 0.481. The first kappa shape index (κ1) is 19.2. The van der Waals surface area contributed by atoms with Crippen LogP contribution in [-0.2, 0) is 16.1 Å². The lowest BCUT2D eigenvalue weighted by Gasteiger charge is -2.20. The number of benzene rings is 1. The highest BCUT2D eigenvalue weighted by Crippen LogP contribution is 2.16. The van der Waals surface area contributed by atoms with Crippen molar-refractivity contribution in [3.63, 3.8) is 0 Å². The van der Waals surface area contributed by atoms with Crippen molar-refractivity contribution in [3.05, 3.63) is 48.0 Å². The normalized spacial score (nSPS) is 17.7. The van der Waals surface area contributed by atoms with E-state index in [1.54, 1.807) is 22.9 Å². The molecule has 2 rings (SSSR count). The molecule has 1 aromatic carbocycles. The Morgan fingerprint density at radius 3 is 2.76 bits per heavy atom. The van der Waals surface area contributed by atoms with Gasteiger partial charge in [0, 0.05) is 20.0 Å². The van der Waals surface area contributed by atoms with Gasteiger partial charge in [-0.25, -0.2) is 4.79 Å². The van der Waals surface area contributed by atoms with Crippen LogP contribution in [0.4, 0.5) is 4.79 Å². The van der Waals surface area contributed by atoms with E-state index >= 15 is 0 Å². The number of carbonyl (C=O) groups excluding carboxylic acids is 2. The van der Waals surface area contributed by atoms with Gasteiger partial charge in [0.2, 0.25) is 0 Å². The molecule has 0 saturated carbocycles. The second-order valence-corrected chi connectivity index (χ2v) is 6.45. The lowest BCUT2D eigenvalue weighted by molar-refractivity contribution is -0.114. The second-order valence-electron chi connectivity index (χ2n) is 6.45. The van der Waals surface area contributed by atoms with E-state index < -0.39 is 0 Å². The summed E-state index contributed by atoms with van der Waals surface area (Å²) >= 11 is 0. The van der Waals surface area contributed by atoms with Crippen molar-refractivity contribution in [2.24, 2.45) is 0 Å². The molecule has 0 N–H and O–H groups in total. The molecule has 1 atom stereocenters. The molecule has 1 fully saturated rings. The van der Waals surface area contributed by atoms with Crippen LogP contribution in [0.3, 0.4) is 0 Å². The third kappa shape index (κ3) is 6.02. The van der Waals surface area contributed by atoms with Crippen molar-refractivity contribution in [1.29, 1.82) is 0 Å². The summed E-state index contributed by atoms with van der Waals surface area (Å²) < 4.78 is 5.70. The number of hydrogen-bond donors (Lipinski definition) is 0. The number of rotatable bonds is 10. The monoisotopic (exact) mass is 344 g/mol. The zero-order chi connectivity index (χ0) is 18.1. The number of ether oxygens (including phenoxy) is 1. The smallest absolute Gasteiger partial charge is 0.322 e. The lowest BCUT2D eigenvalue weighted by Crippen LogP contribution is -2.35. The van der Waals surface area contributed by atoms with Gasteiger partial charge in [0.15, 0.2) is 5.78 Å². The van der Waals surface area contributed by atoms with Crippen LogP contribution in [0.5, 0.6) is 0 Å².